The topological polar surface area (TPSA) is 85.4 Å². The van der Waals surface area contributed by atoms with Crippen molar-refractivity contribution in [3.8, 4) is 0 Å². The van der Waals surface area contributed by atoms with Gasteiger partial charge in [0.15, 0.2) is 0 Å². The van der Waals surface area contributed by atoms with E-state index in [1.165, 1.54) is 24.3 Å². The fraction of sp³-hybridized carbons (Fsp3) is 0.250. The zero-order valence-electron chi connectivity index (χ0n) is 12.9. The number of hydrogen-bond donors (Lipinski definition) is 1. The Morgan fingerprint density at radius 3 is 2.70 bits per heavy atom. The molecule has 0 saturated carbocycles. The molecule has 1 aromatic carbocycles. The number of ether oxygens (including phenoxy) is 1. The van der Waals surface area contributed by atoms with Crippen molar-refractivity contribution in [2.24, 2.45) is 0 Å². The number of rotatable bonds is 6. The standard InChI is InChI=1S/C16H18N2O4S/c1-3-22-16(19)13-7-6-8-14(11-13)23(20,21)18-12(2)15-9-4-5-10-17-15/h4-12,18H,3H2,1-2H3/t12-/m0/s1. The van der Waals surface area contributed by atoms with Crippen LogP contribution in [0.5, 0.6) is 0 Å². The number of nitrogens with zero attached hydrogens (tertiary/aromatic N) is 1. The summed E-state index contributed by atoms with van der Waals surface area (Å²) in [5.41, 5.74) is 0.804. The molecule has 0 fully saturated rings. The van der Waals surface area contributed by atoms with Crippen LogP contribution >= 0.6 is 0 Å². The first kappa shape index (κ1) is 17.1. The lowest BCUT2D eigenvalue weighted by molar-refractivity contribution is 0.0526. The summed E-state index contributed by atoms with van der Waals surface area (Å²) in [7, 11) is -3.78. The van der Waals surface area contributed by atoms with Crippen molar-refractivity contribution in [1.82, 2.24) is 9.71 Å². The molecule has 2 rings (SSSR count). The monoisotopic (exact) mass is 334 g/mol. The highest BCUT2D eigenvalue weighted by atomic mass is 32.2. The molecular formula is C16H18N2O4S. The van der Waals surface area contributed by atoms with Crippen LogP contribution < -0.4 is 4.72 Å². The molecule has 1 heterocycles. The number of hydrogen-bond acceptors (Lipinski definition) is 5. The van der Waals surface area contributed by atoms with Crippen LogP contribution in [0.2, 0.25) is 0 Å². The Hall–Kier alpha value is -2.25. The van der Waals surface area contributed by atoms with Gasteiger partial charge in [0, 0.05) is 6.20 Å². The molecule has 2 aromatic rings. The molecule has 0 amide bonds. The van der Waals surface area contributed by atoms with Gasteiger partial charge in [-0.15, -0.1) is 0 Å². The number of sulfonamides is 1. The molecular weight excluding hydrogens is 316 g/mol. The highest BCUT2D eigenvalue weighted by molar-refractivity contribution is 7.89. The van der Waals surface area contributed by atoms with Gasteiger partial charge in [-0.3, -0.25) is 4.98 Å². The van der Waals surface area contributed by atoms with Gasteiger partial charge >= 0.3 is 5.97 Å². The van der Waals surface area contributed by atoms with Crippen molar-refractivity contribution < 1.29 is 17.9 Å². The van der Waals surface area contributed by atoms with Gasteiger partial charge in [-0.1, -0.05) is 12.1 Å². The molecule has 7 heteroatoms. The Morgan fingerprint density at radius 1 is 1.26 bits per heavy atom. The first-order valence-electron chi connectivity index (χ1n) is 7.14. The third kappa shape index (κ3) is 4.37. The second kappa shape index (κ2) is 7.34. The van der Waals surface area contributed by atoms with E-state index >= 15 is 0 Å². The van der Waals surface area contributed by atoms with Gasteiger partial charge in [-0.2, -0.15) is 0 Å². The summed E-state index contributed by atoms with van der Waals surface area (Å²) in [6, 6.07) is 10.5. The first-order chi connectivity index (χ1) is 10.9. The van der Waals surface area contributed by atoms with E-state index < -0.39 is 22.0 Å². The molecule has 0 saturated heterocycles. The maximum atomic E-state index is 12.5. The number of esters is 1. The van der Waals surface area contributed by atoms with E-state index in [1.54, 1.807) is 38.2 Å². The molecule has 6 nitrogen and oxygen atoms in total. The molecule has 122 valence electrons. The fourth-order valence-corrected chi connectivity index (χ4v) is 3.26. The molecule has 0 spiro atoms. The third-order valence-electron chi connectivity index (χ3n) is 3.12. The smallest absolute Gasteiger partial charge is 0.338 e. The first-order valence-corrected chi connectivity index (χ1v) is 8.63. The van der Waals surface area contributed by atoms with Gasteiger partial charge in [-0.25, -0.2) is 17.9 Å². The third-order valence-corrected chi connectivity index (χ3v) is 4.66. The normalized spacial score (nSPS) is 12.6. The van der Waals surface area contributed by atoms with Gasteiger partial charge in [0.25, 0.3) is 0 Å². The summed E-state index contributed by atoms with van der Waals surface area (Å²) >= 11 is 0. The number of benzene rings is 1. The SMILES string of the molecule is CCOC(=O)c1cccc(S(=O)(=O)N[C@@H](C)c2ccccn2)c1. The maximum Gasteiger partial charge on any atom is 0.338 e. The lowest BCUT2D eigenvalue weighted by Crippen LogP contribution is -2.27. The zero-order valence-corrected chi connectivity index (χ0v) is 13.7. The van der Waals surface area contributed by atoms with Gasteiger partial charge < -0.3 is 4.74 Å². The van der Waals surface area contributed by atoms with Gasteiger partial charge in [0.1, 0.15) is 0 Å². The van der Waals surface area contributed by atoms with E-state index in [0.29, 0.717) is 5.69 Å². The molecule has 0 bridgehead atoms. The molecule has 0 aliphatic rings. The average molecular weight is 334 g/mol. The highest BCUT2D eigenvalue weighted by Crippen LogP contribution is 2.17. The van der Waals surface area contributed by atoms with Crippen LogP contribution in [0, 0.1) is 0 Å². The molecule has 0 radical (unpaired) electrons. The maximum absolute atomic E-state index is 12.5. The summed E-state index contributed by atoms with van der Waals surface area (Å²) in [5, 5.41) is 0. The molecule has 1 N–H and O–H groups in total. The van der Waals surface area contributed by atoms with Gasteiger partial charge in [0.05, 0.1) is 28.8 Å². The highest BCUT2D eigenvalue weighted by Gasteiger charge is 2.20. The van der Waals surface area contributed by atoms with E-state index in [2.05, 4.69) is 9.71 Å². The number of carbonyl (C=O) groups is 1. The van der Waals surface area contributed by atoms with Crippen molar-refractivity contribution in [2.45, 2.75) is 24.8 Å². The second-order valence-electron chi connectivity index (χ2n) is 4.85. The van der Waals surface area contributed by atoms with Crippen LogP contribution in [-0.2, 0) is 14.8 Å². The zero-order chi connectivity index (χ0) is 16.9. The summed E-state index contributed by atoms with van der Waals surface area (Å²) < 4.78 is 32.3. The second-order valence-corrected chi connectivity index (χ2v) is 6.56. The van der Waals surface area contributed by atoms with Crippen LogP contribution in [0.4, 0.5) is 0 Å². The number of carbonyl (C=O) groups excluding carboxylic acids is 1. The van der Waals surface area contributed by atoms with Gasteiger partial charge in [0.2, 0.25) is 10.0 Å². The van der Waals surface area contributed by atoms with Crippen LogP contribution in [-0.4, -0.2) is 26.0 Å². The minimum absolute atomic E-state index is 0.00540. The molecule has 0 aliphatic carbocycles. The van der Waals surface area contributed by atoms with Gasteiger partial charge in [-0.05, 0) is 44.2 Å². The Kier molecular flexibility index (Phi) is 5.46. The quantitative estimate of drug-likeness (QED) is 0.819. The minimum Gasteiger partial charge on any atom is -0.462 e. The predicted molar refractivity (Wildman–Crippen MR) is 85.4 cm³/mol. The van der Waals surface area contributed by atoms with Crippen LogP contribution in [0.3, 0.4) is 0 Å². The van der Waals surface area contributed by atoms with Crippen molar-refractivity contribution in [3.63, 3.8) is 0 Å². The van der Waals surface area contributed by atoms with E-state index in [4.69, 9.17) is 4.74 Å². The van der Waals surface area contributed by atoms with Crippen LogP contribution in [0.25, 0.3) is 0 Å². The lowest BCUT2D eigenvalue weighted by Gasteiger charge is -2.14. The molecule has 1 aromatic heterocycles. The number of nitrogens with one attached hydrogen (secondary N) is 1. The van der Waals surface area contributed by atoms with Crippen molar-refractivity contribution in [2.75, 3.05) is 6.61 Å². The number of aromatic nitrogens is 1. The lowest BCUT2D eigenvalue weighted by atomic mass is 10.2. The van der Waals surface area contributed by atoms with E-state index in [1.807, 2.05) is 0 Å². The van der Waals surface area contributed by atoms with E-state index in [-0.39, 0.29) is 17.1 Å². The van der Waals surface area contributed by atoms with E-state index in [0.717, 1.165) is 0 Å². The van der Waals surface area contributed by atoms with Crippen LogP contribution in [0.15, 0.2) is 53.6 Å². The fourth-order valence-electron chi connectivity index (χ4n) is 2.00. The summed E-state index contributed by atoms with van der Waals surface area (Å²) in [6.45, 7) is 3.62. The van der Waals surface area contributed by atoms with Crippen LogP contribution in [0.1, 0.15) is 35.9 Å². The van der Waals surface area contributed by atoms with E-state index in [9.17, 15) is 13.2 Å². The molecule has 23 heavy (non-hydrogen) atoms. The molecule has 0 unspecified atom stereocenters. The Bertz CT molecular complexity index is 776. The van der Waals surface area contributed by atoms with Crippen molar-refractivity contribution in [1.29, 1.82) is 0 Å². The summed E-state index contributed by atoms with van der Waals surface area (Å²) in [4.78, 5) is 15.9. The molecule has 1 atom stereocenters. The Balaban J connectivity index is 2.23. The average Bonchev–Trinajstić information content (AvgIpc) is 2.55. The van der Waals surface area contributed by atoms with Crippen molar-refractivity contribution in [3.05, 3.63) is 59.9 Å². The Morgan fingerprint density at radius 2 is 2.04 bits per heavy atom. The predicted octanol–water partition coefficient (Wildman–Crippen LogP) is 2.30. The van der Waals surface area contributed by atoms with Crippen molar-refractivity contribution >= 4 is 16.0 Å². The Labute approximate surface area is 135 Å². The summed E-state index contributed by atoms with van der Waals surface area (Å²) in [6.07, 6.45) is 1.60. The number of pyridine rings is 1. The largest absolute Gasteiger partial charge is 0.462 e. The molecule has 0 aliphatic heterocycles. The summed E-state index contributed by atoms with van der Waals surface area (Å²) in [5.74, 6) is -0.553. The minimum atomic E-state index is -3.78.